The molecule has 1 aromatic carbocycles. The van der Waals surface area contributed by atoms with E-state index in [0.29, 0.717) is 12.1 Å². The first-order valence-electron chi connectivity index (χ1n) is 6.28. The van der Waals surface area contributed by atoms with Crippen LogP contribution in [0.1, 0.15) is 11.3 Å². The summed E-state index contributed by atoms with van der Waals surface area (Å²) < 4.78 is 66.7. The van der Waals surface area contributed by atoms with Gasteiger partial charge in [-0.3, -0.25) is 0 Å². The summed E-state index contributed by atoms with van der Waals surface area (Å²) in [7, 11) is 1.08. The summed E-state index contributed by atoms with van der Waals surface area (Å²) in [4.78, 5) is -0.429. The van der Waals surface area contributed by atoms with Crippen LogP contribution in [0.25, 0.3) is 5.69 Å². The van der Waals surface area contributed by atoms with Crippen molar-refractivity contribution in [1.82, 2.24) is 9.78 Å². The highest BCUT2D eigenvalue weighted by molar-refractivity contribution is 8.01. The molecule has 0 aliphatic rings. The van der Waals surface area contributed by atoms with E-state index in [2.05, 4.69) is 5.10 Å². The molecule has 2 aromatic rings. The Hall–Kier alpha value is -1.41. The highest BCUT2D eigenvalue weighted by Crippen LogP contribution is 2.47. The molecule has 0 spiro atoms. The van der Waals surface area contributed by atoms with E-state index in [0.717, 1.165) is 11.8 Å². The Morgan fingerprint density at radius 1 is 1.19 bits per heavy atom. The summed E-state index contributed by atoms with van der Waals surface area (Å²) in [5.74, 6) is -0.393. The number of ether oxygens (including phenoxy) is 1. The van der Waals surface area contributed by atoms with Crippen LogP contribution in [0, 0.1) is 11.3 Å². The number of methoxy groups -OCH3 is 1. The fourth-order valence-corrected chi connectivity index (χ4v) is 3.48. The number of halogens is 8. The van der Waals surface area contributed by atoms with Crippen molar-refractivity contribution in [3.05, 3.63) is 33.4 Å². The van der Waals surface area contributed by atoms with Crippen LogP contribution in [0.15, 0.2) is 17.0 Å². The van der Waals surface area contributed by atoms with Crippen LogP contribution in [-0.2, 0) is 6.18 Å². The molecule has 0 atom stereocenters. The normalized spacial score (nSPS) is 12.2. The average Bonchev–Trinajstić information content (AvgIpc) is 2.81. The number of benzene rings is 1. The van der Waals surface area contributed by atoms with Crippen molar-refractivity contribution in [2.75, 3.05) is 7.11 Å². The molecule has 0 radical (unpaired) electrons. The van der Waals surface area contributed by atoms with Gasteiger partial charge in [-0.25, -0.2) is 0 Å². The van der Waals surface area contributed by atoms with Crippen molar-refractivity contribution in [3.8, 4) is 17.6 Å². The number of hydrogen-bond donors (Lipinski definition) is 0. The molecule has 0 aliphatic carbocycles. The quantitative estimate of drug-likeness (QED) is 0.326. The highest BCUT2D eigenvalue weighted by Gasteiger charge is 2.35. The maximum Gasteiger partial charge on any atom is 0.416 e. The van der Waals surface area contributed by atoms with Crippen LogP contribution >= 0.6 is 46.6 Å². The fourth-order valence-electron chi connectivity index (χ4n) is 1.93. The van der Waals surface area contributed by atoms with Gasteiger partial charge in [0.2, 0.25) is 5.88 Å². The molecule has 13 heteroatoms. The first-order chi connectivity index (χ1) is 11.9. The van der Waals surface area contributed by atoms with Gasteiger partial charge >= 0.3 is 10.9 Å². The Morgan fingerprint density at radius 2 is 1.73 bits per heavy atom. The van der Waals surface area contributed by atoms with Gasteiger partial charge in [0.1, 0.15) is 16.7 Å². The maximum absolute atomic E-state index is 13.1. The van der Waals surface area contributed by atoms with Gasteiger partial charge < -0.3 is 4.74 Å². The molecule has 4 nitrogen and oxygen atoms in total. The molecule has 0 saturated heterocycles. The van der Waals surface area contributed by atoms with Crippen molar-refractivity contribution in [1.29, 1.82) is 5.26 Å². The van der Waals surface area contributed by atoms with Gasteiger partial charge in [0.25, 0.3) is 0 Å². The zero-order valence-corrected chi connectivity index (χ0v) is 15.4. The van der Waals surface area contributed by atoms with Gasteiger partial charge in [-0.05, 0) is 35.5 Å². The summed E-state index contributed by atoms with van der Waals surface area (Å²) in [6, 6.07) is 2.73. The number of hydrogen-bond acceptors (Lipinski definition) is 4. The lowest BCUT2D eigenvalue weighted by molar-refractivity contribution is -0.137. The van der Waals surface area contributed by atoms with Crippen molar-refractivity contribution in [2.24, 2.45) is 0 Å². The standard InChI is InChI=1S/C13H5Cl3F5N3OS/c1-25-11-10(26-13(16,20)21)8(4-22)23-24(11)9-6(14)2-5(3-7(9)15)12(17,18)19/h2-3H,1H3. The van der Waals surface area contributed by atoms with E-state index in [9.17, 15) is 22.0 Å². The van der Waals surface area contributed by atoms with Crippen molar-refractivity contribution in [2.45, 2.75) is 15.8 Å². The van der Waals surface area contributed by atoms with Crippen LogP contribution in [-0.4, -0.2) is 21.6 Å². The number of aromatic nitrogens is 2. The summed E-state index contributed by atoms with van der Waals surface area (Å²) in [5, 5.41) is 11.9. The first kappa shape index (κ1) is 20.9. The number of nitrogens with zero attached hydrogens (tertiary/aromatic N) is 3. The molecular weight excluding hydrogens is 448 g/mol. The SMILES string of the molecule is COc1c(SC(F)(F)Cl)c(C#N)nn1-c1c(Cl)cc(C(F)(F)F)cc1Cl. The number of rotatable bonds is 4. The molecule has 26 heavy (non-hydrogen) atoms. The Morgan fingerprint density at radius 3 is 2.12 bits per heavy atom. The lowest BCUT2D eigenvalue weighted by atomic mass is 10.2. The first-order valence-corrected chi connectivity index (χ1v) is 8.23. The van der Waals surface area contributed by atoms with Crippen molar-refractivity contribution in [3.63, 3.8) is 0 Å². The van der Waals surface area contributed by atoms with E-state index in [1.165, 1.54) is 0 Å². The van der Waals surface area contributed by atoms with E-state index < -0.39 is 43.0 Å². The summed E-state index contributed by atoms with van der Waals surface area (Å²) in [5.41, 5.74) is -1.90. The minimum absolute atomic E-state index is 0.227. The molecule has 0 bridgehead atoms. The van der Waals surface area contributed by atoms with E-state index in [1.54, 1.807) is 6.07 Å². The third kappa shape index (κ3) is 4.28. The Balaban J connectivity index is 2.72. The molecule has 0 amide bonds. The third-order valence-electron chi connectivity index (χ3n) is 2.87. The number of thioether (sulfide) groups is 1. The fraction of sp³-hybridized carbons (Fsp3) is 0.231. The molecule has 140 valence electrons. The van der Waals surface area contributed by atoms with Gasteiger partial charge in [-0.1, -0.05) is 23.2 Å². The Labute approximate surface area is 162 Å². The number of alkyl halides is 6. The molecule has 0 aliphatic heterocycles. The zero-order valence-electron chi connectivity index (χ0n) is 12.3. The van der Waals surface area contributed by atoms with Gasteiger partial charge in [0.15, 0.2) is 5.69 Å². The zero-order chi connectivity index (χ0) is 19.9. The lowest BCUT2D eigenvalue weighted by Crippen LogP contribution is -2.08. The minimum Gasteiger partial charge on any atom is -0.480 e. The monoisotopic (exact) mass is 451 g/mol. The molecule has 1 aromatic heterocycles. The molecular formula is C13H5Cl3F5N3OS. The minimum atomic E-state index is -4.71. The summed E-state index contributed by atoms with van der Waals surface area (Å²) in [6.07, 6.45) is -4.71. The van der Waals surface area contributed by atoms with Crippen molar-refractivity contribution < 1.29 is 26.7 Å². The third-order valence-corrected chi connectivity index (χ3v) is 4.49. The second kappa shape index (κ2) is 7.31. The van der Waals surface area contributed by atoms with Crippen LogP contribution in [0.2, 0.25) is 10.0 Å². The average molecular weight is 453 g/mol. The number of nitriles is 1. The summed E-state index contributed by atoms with van der Waals surface area (Å²) in [6.45, 7) is 0. The van der Waals surface area contributed by atoms with E-state index in [4.69, 9.17) is 44.8 Å². The van der Waals surface area contributed by atoms with Crippen LogP contribution < -0.4 is 4.74 Å². The summed E-state index contributed by atoms with van der Waals surface area (Å²) >= 11 is 16.4. The van der Waals surface area contributed by atoms with Crippen LogP contribution in [0.5, 0.6) is 5.88 Å². The predicted octanol–water partition coefficient (Wildman–Crippen LogP) is 5.96. The van der Waals surface area contributed by atoms with Gasteiger partial charge in [-0.15, -0.1) is 0 Å². The Kier molecular flexibility index (Phi) is 5.87. The molecule has 2 rings (SSSR count). The van der Waals surface area contributed by atoms with E-state index in [-0.39, 0.29) is 17.4 Å². The van der Waals surface area contributed by atoms with Gasteiger partial charge in [0, 0.05) is 0 Å². The molecule has 0 fully saturated rings. The maximum atomic E-state index is 13.1. The van der Waals surface area contributed by atoms with Gasteiger partial charge in [-0.2, -0.15) is 37.0 Å². The smallest absolute Gasteiger partial charge is 0.416 e. The molecule has 0 unspecified atom stereocenters. The van der Waals surface area contributed by atoms with Crippen LogP contribution in [0.4, 0.5) is 22.0 Å². The van der Waals surface area contributed by atoms with Crippen LogP contribution in [0.3, 0.4) is 0 Å². The second-order valence-corrected chi connectivity index (χ2v) is 7.18. The second-order valence-electron chi connectivity index (χ2n) is 4.54. The predicted molar refractivity (Wildman–Crippen MR) is 86.5 cm³/mol. The van der Waals surface area contributed by atoms with E-state index in [1.807, 2.05) is 0 Å². The largest absolute Gasteiger partial charge is 0.480 e. The topological polar surface area (TPSA) is 50.8 Å². The Bertz CT molecular complexity index is 866. The molecule has 0 N–H and O–H groups in total. The highest BCUT2D eigenvalue weighted by atomic mass is 35.5. The van der Waals surface area contributed by atoms with Gasteiger partial charge in [0.05, 0.1) is 22.7 Å². The molecule has 0 saturated carbocycles. The van der Waals surface area contributed by atoms with E-state index >= 15 is 0 Å². The lowest BCUT2D eigenvalue weighted by Gasteiger charge is -2.14. The van der Waals surface area contributed by atoms with Crippen molar-refractivity contribution >= 4 is 46.6 Å². The molecule has 1 heterocycles.